The normalized spacial score (nSPS) is 11.2. The largest absolute Gasteiger partial charge is 0.492 e. The molecule has 0 bridgehead atoms. The van der Waals surface area contributed by atoms with Gasteiger partial charge in [-0.25, -0.2) is 8.42 Å². The number of sulfonamides is 1. The third-order valence-electron chi connectivity index (χ3n) is 2.98. The summed E-state index contributed by atoms with van der Waals surface area (Å²) in [6, 6.07) is 11.5. The highest BCUT2D eigenvalue weighted by Gasteiger charge is 2.14. The summed E-state index contributed by atoms with van der Waals surface area (Å²) < 4.78 is 32.6. The van der Waals surface area contributed by atoms with Gasteiger partial charge < -0.3 is 4.74 Å². The Labute approximate surface area is 136 Å². The molecule has 0 radical (unpaired) electrons. The van der Waals surface area contributed by atoms with Crippen molar-refractivity contribution in [3.63, 3.8) is 0 Å². The van der Waals surface area contributed by atoms with Crippen LogP contribution in [0.25, 0.3) is 0 Å². The molecule has 118 valence electrons. The third kappa shape index (κ3) is 4.15. The van der Waals surface area contributed by atoms with Crippen molar-refractivity contribution in [3.05, 3.63) is 53.1 Å². The molecule has 0 fully saturated rings. The first kappa shape index (κ1) is 16.6. The van der Waals surface area contributed by atoms with Crippen LogP contribution in [0.3, 0.4) is 0 Å². The van der Waals surface area contributed by atoms with Crippen LogP contribution in [0.15, 0.2) is 47.4 Å². The number of halogens is 1. The van der Waals surface area contributed by atoms with E-state index in [2.05, 4.69) is 4.72 Å². The van der Waals surface area contributed by atoms with Crippen molar-refractivity contribution >= 4 is 27.3 Å². The van der Waals surface area contributed by atoms with E-state index in [0.717, 1.165) is 12.0 Å². The van der Waals surface area contributed by atoms with Gasteiger partial charge in [-0.05, 0) is 43.7 Å². The van der Waals surface area contributed by atoms with Crippen molar-refractivity contribution in [2.45, 2.75) is 25.2 Å². The first-order chi connectivity index (χ1) is 10.4. The molecule has 6 heteroatoms. The molecular weight excluding hydrogens is 322 g/mol. The van der Waals surface area contributed by atoms with Crippen LogP contribution in [0.1, 0.15) is 18.9 Å². The summed E-state index contributed by atoms with van der Waals surface area (Å²) in [6.07, 6.45) is 0.873. The average molecular weight is 340 g/mol. The van der Waals surface area contributed by atoms with Gasteiger partial charge in [0.1, 0.15) is 5.75 Å². The smallest absolute Gasteiger partial charge is 0.261 e. The minimum absolute atomic E-state index is 0.209. The lowest BCUT2D eigenvalue weighted by molar-refractivity contribution is 0.317. The number of aryl methyl sites for hydroxylation is 1. The second kappa shape index (κ2) is 7.03. The molecule has 0 heterocycles. The SMILES string of the molecule is CCCOc1ccc(NS(=O)(=O)c2ccc(C)cc2)cc1Cl. The first-order valence-corrected chi connectivity index (χ1v) is 8.80. The molecule has 22 heavy (non-hydrogen) atoms. The molecule has 1 N–H and O–H groups in total. The summed E-state index contributed by atoms with van der Waals surface area (Å²) in [4.78, 5) is 0.209. The van der Waals surface area contributed by atoms with Gasteiger partial charge in [0, 0.05) is 0 Å². The molecule has 0 saturated carbocycles. The van der Waals surface area contributed by atoms with E-state index in [9.17, 15) is 8.42 Å². The lowest BCUT2D eigenvalue weighted by Gasteiger charge is -2.11. The Morgan fingerprint density at radius 3 is 2.41 bits per heavy atom. The van der Waals surface area contributed by atoms with Crippen LogP contribution >= 0.6 is 11.6 Å². The Morgan fingerprint density at radius 1 is 1.14 bits per heavy atom. The average Bonchev–Trinajstić information content (AvgIpc) is 2.46. The van der Waals surface area contributed by atoms with Crippen molar-refractivity contribution in [3.8, 4) is 5.75 Å². The van der Waals surface area contributed by atoms with E-state index in [1.54, 1.807) is 36.4 Å². The van der Waals surface area contributed by atoms with Gasteiger partial charge in [-0.15, -0.1) is 0 Å². The van der Waals surface area contributed by atoms with Gasteiger partial charge in [-0.3, -0.25) is 4.72 Å². The number of ether oxygens (including phenoxy) is 1. The van der Waals surface area contributed by atoms with Crippen LogP contribution in [0, 0.1) is 6.92 Å². The topological polar surface area (TPSA) is 55.4 Å². The lowest BCUT2D eigenvalue weighted by Crippen LogP contribution is -2.12. The van der Waals surface area contributed by atoms with Crippen molar-refractivity contribution in [2.75, 3.05) is 11.3 Å². The van der Waals surface area contributed by atoms with Gasteiger partial charge in [0.25, 0.3) is 10.0 Å². The van der Waals surface area contributed by atoms with Gasteiger partial charge in [0.2, 0.25) is 0 Å². The Kier molecular flexibility index (Phi) is 5.32. The molecule has 2 aromatic rings. The molecule has 0 unspecified atom stereocenters. The predicted molar refractivity (Wildman–Crippen MR) is 89.2 cm³/mol. The Balaban J connectivity index is 2.19. The summed E-state index contributed by atoms with van der Waals surface area (Å²) >= 11 is 6.10. The van der Waals surface area contributed by atoms with Gasteiger partial charge in [0.15, 0.2) is 0 Å². The van der Waals surface area contributed by atoms with Crippen LogP contribution in [0.2, 0.25) is 5.02 Å². The summed E-state index contributed by atoms with van der Waals surface area (Å²) in [5.74, 6) is 0.543. The minimum atomic E-state index is -3.63. The molecule has 4 nitrogen and oxygen atoms in total. The van der Waals surface area contributed by atoms with Crippen LogP contribution < -0.4 is 9.46 Å². The highest BCUT2D eigenvalue weighted by atomic mass is 35.5. The van der Waals surface area contributed by atoms with Crippen molar-refractivity contribution in [2.24, 2.45) is 0 Å². The fourth-order valence-corrected chi connectivity index (χ4v) is 3.11. The number of benzene rings is 2. The maximum absolute atomic E-state index is 12.3. The standard InChI is InChI=1S/C16H18ClNO3S/c1-3-10-21-16-9-6-13(11-15(16)17)18-22(19,20)14-7-4-12(2)5-8-14/h4-9,11,18H,3,10H2,1-2H3. The molecule has 2 rings (SSSR count). The first-order valence-electron chi connectivity index (χ1n) is 6.94. The summed E-state index contributed by atoms with van der Waals surface area (Å²) in [7, 11) is -3.63. The van der Waals surface area contributed by atoms with E-state index < -0.39 is 10.0 Å². The maximum Gasteiger partial charge on any atom is 0.261 e. The van der Waals surface area contributed by atoms with E-state index in [1.807, 2.05) is 13.8 Å². The Hall–Kier alpha value is -1.72. The predicted octanol–water partition coefficient (Wildman–Crippen LogP) is 4.24. The zero-order valence-electron chi connectivity index (χ0n) is 12.5. The van der Waals surface area contributed by atoms with Crippen LogP contribution in [0.4, 0.5) is 5.69 Å². The zero-order valence-corrected chi connectivity index (χ0v) is 14.0. The van der Waals surface area contributed by atoms with E-state index >= 15 is 0 Å². The molecule has 2 aromatic carbocycles. The summed E-state index contributed by atoms with van der Waals surface area (Å²) in [5.41, 5.74) is 1.40. The molecule has 0 aliphatic heterocycles. The van der Waals surface area contributed by atoms with E-state index in [4.69, 9.17) is 16.3 Å². The fourth-order valence-electron chi connectivity index (χ4n) is 1.82. The molecule has 0 amide bonds. The number of hydrogen-bond donors (Lipinski definition) is 1. The van der Waals surface area contributed by atoms with Crippen molar-refractivity contribution in [1.82, 2.24) is 0 Å². The number of anilines is 1. The van der Waals surface area contributed by atoms with Crippen LogP contribution in [0.5, 0.6) is 5.75 Å². The Morgan fingerprint density at radius 2 is 1.82 bits per heavy atom. The monoisotopic (exact) mass is 339 g/mol. The van der Waals surface area contributed by atoms with Crippen molar-refractivity contribution < 1.29 is 13.2 Å². The number of nitrogens with one attached hydrogen (secondary N) is 1. The minimum Gasteiger partial charge on any atom is -0.492 e. The highest BCUT2D eigenvalue weighted by Crippen LogP contribution is 2.29. The van der Waals surface area contributed by atoms with Gasteiger partial charge >= 0.3 is 0 Å². The van der Waals surface area contributed by atoms with Crippen LogP contribution in [-0.2, 0) is 10.0 Å². The van der Waals surface area contributed by atoms with Crippen LogP contribution in [-0.4, -0.2) is 15.0 Å². The second-order valence-corrected chi connectivity index (χ2v) is 7.00. The van der Waals surface area contributed by atoms with E-state index in [1.165, 1.54) is 6.07 Å². The summed E-state index contributed by atoms with van der Waals surface area (Å²) in [5, 5.41) is 0.373. The molecule has 0 atom stereocenters. The van der Waals surface area contributed by atoms with Gasteiger partial charge in [-0.1, -0.05) is 36.2 Å². The van der Waals surface area contributed by atoms with Gasteiger partial charge in [-0.2, -0.15) is 0 Å². The molecule has 0 spiro atoms. The van der Waals surface area contributed by atoms with E-state index in [0.29, 0.717) is 23.1 Å². The summed E-state index contributed by atoms with van der Waals surface area (Å²) in [6.45, 7) is 4.46. The molecule has 0 saturated heterocycles. The van der Waals surface area contributed by atoms with Crippen molar-refractivity contribution in [1.29, 1.82) is 0 Å². The zero-order chi connectivity index (χ0) is 16.2. The Bertz CT molecular complexity index is 742. The molecule has 0 aliphatic carbocycles. The number of hydrogen-bond acceptors (Lipinski definition) is 3. The fraction of sp³-hybridized carbons (Fsp3) is 0.250. The molecular formula is C16H18ClNO3S. The lowest BCUT2D eigenvalue weighted by atomic mass is 10.2. The highest BCUT2D eigenvalue weighted by molar-refractivity contribution is 7.92. The quantitative estimate of drug-likeness (QED) is 0.856. The van der Waals surface area contributed by atoms with E-state index in [-0.39, 0.29) is 4.90 Å². The second-order valence-electron chi connectivity index (χ2n) is 4.91. The molecule has 0 aliphatic rings. The third-order valence-corrected chi connectivity index (χ3v) is 4.67. The number of rotatable bonds is 6. The molecule has 0 aromatic heterocycles. The van der Waals surface area contributed by atoms with Gasteiger partial charge in [0.05, 0.1) is 22.2 Å². The maximum atomic E-state index is 12.3.